The Morgan fingerprint density at radius 2 is 1.48 bits per heavy atom. The lowest BCUT2D eigenvalue weighted by Gasteiger charge is -2.34. The van der Waals surface area contributed by atoms with Crippen molar-refractivity contribution in [2.24, 2.45) is 0 Å². The minimum Gasteiger partial charge on any atom is -0.382 e. The van der Waals surface area contributed by atoms with Crippen LogP contribution in [0.3, 0.4) is 0 Å². The molecule has 77 heavy (non-hydrogen) atoms. The number of unbranched alkanes of at least 4 members (excludes halogenated alkanes) is 1. The molecular formula is C51H63N13O12S. The number of pyridine rings is 1. The van der Waals surface area contributed by atoms with Crippen molar-refractivity contribution in [1.29, 1.82) is 0 Å². The average Bonchev–Trinajstić information content (AvgIpc) is 4.04. The number of nitrogens with zero attached hydrogens (tertiary/aromatic N) is 9. The summed E-state index contributed by atoms with van der Waals surface area (Å²) in [7, 11) is -3.72. The molecule has 3 aliphatic rings. The van der Waals surface area contributed by atoms with Gasteiger partial charge in [-0.05, 0) is 68.6 Å². The zero-order valence-electron chi connectivity index (χ0n) is 42.5. The minimum absolute atomic E-state index is 0.0355. The normalized spacial score (nSPS) is 16.2. The summed E-state index contributed by atoms with van der Waals surface area (Å²) in [6.07, 6.45) is 9.26. The Morgan fingerprint density at radius 3 is 2.17 bits per heavy atom. The van der Waals surface area contributed by atoms with Gasteiger partial charge in [0.25, 0.3) is 17.7 Å². The van der Waals surface area contributed by atoms with E-state index in [-0.39, 0.29) is 40.4 Å². The number of aromatic nitrogens is 6. The maximum absolute atomic E-state index is 13.6. The summed E-state index contributed by atoms with van der Waals surface area (Å²) >= 11 is 0. The minimum atomic E-state index is -3.72. The summed E-state index contributed by atoms with van der Waals surface area (Å²) in [6, 6.07) is 13.6. The molecule has 8 rings (SSSR count). The van der Waals surface area contributed by atoms with Crippen molar-refractivity contribution in [1.82, 2.24) is 49.4 Å². The molecule has 5 amide bonds. The molecule has 26 heteroatoms. The standard InChI is InChI=1S/C51H63N13O12S/c52-47-46(49(67)56-37-6-4-15-53-33-37)57-42(34-55-47)36-9-11-39(12-10-36)77(70,71)63-20-18-61(19-21-63)17-2-1-5-38-35-62(60-59-38)22-24-73-26-28-75-30-32-76-31-29-74-27-25-72-23-16-54-41-8-3-7-40-45(41)51(69)64(50(40)68)43-13-14-44(65)58-48(43)66/h3-4,6-12,15,33-35,43,54H,1-2,5,13-14,16-32H2,(H2,52,55)(H,56,67)(H,58,65,66). The van der Waals surface area contributed by atoms with Gasteiger partial charge in [0.15, 0.2) is 11.5 Å². The first-order valence-corrected chi connectivity index (χ1v) is 26.9. The number of piperazine rings is 1. The van der Waals surface area contributed by atoms with Crippen molar-refractivity contribution in [2.75, 3.05) is 122 Å². The number of hydrogen-bond donors (Lipinski definition) is 4. The Balaban J connectivity index is 0.597. The molecule has 0 spiro atoms. The molecule has 2 aromatic carbocycles. The largest absolute Gasteiger partial charge is 0.382 e. The highest BCUT2D eigenvalue weighted by atomic mass is 32.2. The third-order valence-electron chi connectivity index (χ3n) is 12.8. The molecule has 1 atom stereocenters. The van der Waals surface area contributed by atoms with Crippen LogP contribution in [-0.4, -0.2) is 193 Å². The monoisotopic (exact) mass is 1080 g/mol. The van der Waals surface area contributed by atoms with Gasteiger partial charge in [0, 0.05) is 62.8 Å². The van der Waals surface area contributed by atoms with Crippen LogP contribution >= 0.6 is 0 Å². The number of ether oxygens (including phenoxy) is 5. The van der Waals surface area contributed by atoms with Gasteiger partial charge in [0.05, 0.1) is 118 Å². The number of sulfonamides is 1. The predicted octanol–water partition coefficient (Wildman–Crippen LogP) is 1.89. The lowest BCUT2D eigenvalue weighted by atomic mass is 10.0. The van der Waals surface area contributed by atoms with Gasteiger partial charge in [0.1, 0.15) is 6.04 Å². The molecule has 3 aliphatic heterocycles. The number of hydrogen-bond acceptors (Lipinski definition) is 20. The first-order valence-electron chi connectivity index (χ1n) is 25.5. The lowest BCUT2D eigenvalue weighted by molar-refractivity contribution is -0.136. The van der Waals surface area contributed by atoms with Gasteiger partial charge in [-0.1, -0.05) is 23.4 Å². The third kappa shape index (κ3) is 15.3. The molecular weight excluding hydrogens is 1020 g/mol. The van der Waals surface area contributed by atoms with Crippen molar-refractivity contribution >= 4 is 56.8 Å². The molecule has 2 saturated heterocycles. The number of piperidine rings is 1. The molecule has 5 N–H and O–H groups in total. The topological polar surface area (TPSA) is 307 Å². The number of imide groups is 2. The second-order valence-electron chi connectivity index (χ2n) is 18.0. The Morgan fingerprint density at radius 1 is 0.779 bits per heavy atom. The molecule has 1 unspecified atom stereocenters. The highest BCUT2D eigenvalue weighted by Gasteiger charge is 2.45. The highest BCUT2D eigenvalue weighted by molar-refractivity contribution is 7.89. The molecule has 0 radical (unpaired) electrons. The second kappa shape index (κ2) is 27.7. The van der Waals surface area contributed by atoms with Crippen molar-refractivity contribution in [3.63, 3.8) is 0 Å². The van der Waals surface area contributed by atoms with Crippen molar-refractivity contribution < 1.29 is 56.1 Å². The SMILES string of the molecule is Nc1ncc(-c2ccc(S(=O)(=O)N3CCN(CCCCc4cn(CCOCCOCCOCCOCCOCCNc5cccc6c5C(=O)N(C5CCC(=O)NC5=O)C6=O)nn4)CC3)cc2)nc1C(=O)Nc1cccnc1. The summed E-state index contributed by atoms with van der Waals surface area (Å²) in [5.74, 6) is -2.78. The van der Waals surface area contributed by atoms with Crippen LogP contribution in [0.5, 0.6) is 0 Å². The number of nitrogen functional groups attached to an aromatic ring is 1. The Kier molecular flexibility index (Phi) is 20.2. The van der Waals surface area contributed by atoms with E-state index < -0.39 is 45.6 Å². The highest BCUT2D eigenvalue weighted by Crippen LogP contribution is 2.32. The van der Waals surface area contributed by atoms with Crippen LogP contribution in [0.15, 0.2) is 84.3 Å². The van der Waals surface area contributed by atoms with Crippen LogP contribution in [0.2, 0.25) is 0 Å². The van der Waals surface area contributed by atoms with Crippen LogP contribution in [0, 0.1) is 0 Å². The molecule has 0 aliphatic carbocycles. The van der Waals surface area contributed by atoms with E-state index in [1.165, 1.54) is 28.8 Å². The lowest BCUT2D eigenvalue weighted by Crippen LogP contribution is -2.54. The smallest absolute Gasteiger partial charge is 0.278 e. The van der Waals surface area contributed by atoms with E-state index in [4.69, 9.17) is 29.4 Å². The van der Waals surface area contributed by atoms with E-state index in [1.54, 1.807) is 53.3 Å². The summed E-state index contributed by atoms with van der Waals surface area (Å²) < 4.78 is 58.4. The number of amides is 5. The van der Waals surface area contributed by atoms with Gasteiger partial charge in [-0.25, -0.2) is 23.1 Å². The number of aryl methyl sites for hydroxylation is 1. The molecule has 3 aromatic heterocycles. The van der Waals surface area contributed by atoms with Gasteiger partial charge in [0.2, 0.25) is 21.8 Å². The van der Waals surface area contributed by atoms with Gasteiger partial charge in [-0.3, -0.25) is 39.2 Å². The summed E-state index contributed by atoms with van der Waals surface area (Å²) in [4.78, 5) is 78.9. The second-order valence-corrected chi connectivity index (χ2v) is 20.0. The summed E-state index contributed by atoms with van der Waals surface area (Å²) in [5, 5.41) is 16.6. The number of nitrogens with two attached hydrogens (primary N) is 1. The average molecular weight is 1080 g/mol. The Hall–Kier alpha value is -7.17. The maximum atomic E-state index is 13.6. The van der Waals surface area contributed by atoms with Crippen LogP contribution in [0.25, 0.3) is 11.3 Å². The van der Waals surface area contributed by atoms with E-state index >= 15 is 0 Å². The fourth-order valence-electron chi connectivity index (χ4n) is 8.74. The van der Waals surface area contributed by atoms with Crippen LogP contribution in [-0.2, 0) is 56.3 Å². The van der Waals surface area contributed by atoms with Gasteiger partial charge >= 0.3 is 0 Å². The zero-order chi connectivity index (χ0) is 54.0. The maximum Gasteiger partial charge on any atom is 0.278 e. The van der Waals surface area contributed by atoms with Crippen LogP contribution in [0.1, 0.15) is 62.6 Å². The van der Waals surface area contributed by atoms with Crippen molar-refractivity contribution in [3.05, 3.63) is 102 Å². The van der Waals surface area contributed by atoms with E-state index in [9.17, 15) is 32.4 Å². The number of anilines is 3. The van der Waals surface area contributed by atoms with E-state index in [2.05, 4.69) is 46.1 Å². The molecule has 410 valence electrons. The third-order valence-corrected chi connectivity index (χ3v) is 14.7. The fraction of sp³-hybridized carbons (Fsp3) is 0.451. The fourth-order valence-corrected chi connectivity index (χ4v) is 10.2. The molecule has 2 fully saturated rings. The number of fused-ring (bicyclic) bond motifs is 1. The van der Waals surface area contributed by atoms with Gasteiger partial charge in [-0.2, -0.15) is 4.31 Å². The molecule has 25 nitrogen and oxygen atoms in total. The first kappa shape index (κ1) is 56.0. The Bertz CT molecular complexity index is 2920. The number of rotatable bonds is 30. The van der Waals surface area contributed by atoms with E-state index in [0.29, 0.717) is 128 Å². The zero-order valence-corrected chi connectivity index (χ0v) is 43.4. The molecule has 0 bridgehead atoms. The molecule has 6 heterocycles. The number of carbonyl (C=O) groups is 5. The number of carbonyl (C=O) groups excluding carboxylic acids is 5. The molecule has 0 saturated carbocycles. The summed E-state index contributed by atoms with van der Waals surface area (Å²) in [6.45, 7) is 7.83. The van der Waals surface area contributed by atoms with Crippen molar-refractivity contribution in [2.45, 2.75) is 49.6 Å². The number of nitrogens with one attached hydrogen (secondary N) is 3. The summed E-state index contributed by atoms with van der Waals surface area (Å²) in [5.41, 5.74) is 9.12. The Labute approximate surface area is 445 Å². The quantitative estimate of drug-likeness (QED) is 0.0377. The van der Waals surface area contributed by atoms with E-state index in [1.807, 2.05) is 6.20 Å². The van der Waals surface area contributed by atoms with Gasteiger partial charge < -0.3 is 45.0 Å². The van der Waals surface area contributed by atoms with Crippen molar-refractivity contribution in [3.8, 4) is 11.3 Å². The number of benzene rings is 2. The van der Waals surface area contributed by atoms with Gasteiger partial charge in [-0.15, -0.1) is 5.10 Å². The van der Waals surface area contributed by atoms with Crippen LogP contribution < -0.4 is 21.7 Å². The van der Waals surface area contributed by atoms with E-state index in [0.717, 1.165) is 36.4 Å². The first-order chi connectivity index (χ1) is 37.5. The van der Waals surface area contributed by atoms with Crippen LogP contribution in [0.4, 0.5) is 17.2 Å². The molecule has 5 aromatic rings. The predicted molar refractivity (Wildman–Crippen MR) is 278 cm³/mol.